The molecule has 0 bridgehead atoms. The Morgan fingerprint density at radius 2 is 1.80 bits per heavy atom. The quantitative estimate of drug-likeness (QED) is 0.199. The molecule has 244 valence electrons. The van der Waals surface area contributed by atoms with Crippen LogP contribution in [0.15, 0.2) is 39.3 Å². The summed E-state index contributed by atoms with van der Waals surface area (Å²) in [5.41, 5.74) is -3.29. The Balaban J connectivity index is 1.29. The molecule has 5 aliphatic rings. The summed E-state index contributed by atoms with van der Waals surface area (Å²) in [4.78, 5) is 23.9. The van der Waals surface area contributed by atoms with Crippen molar-refractivity contribution in [2.24, 2.45) is 16.7 Å². The molecule has 0 spiro atoms. The number of ether oxygens (including phenoxy) is 3. The number of aliphatic hydroxyl groups is 6. The number of hydrogen-bond donors (Lipinski definition) is 6. The van der Waals surface area contributed by atoms with E-state index in [1.807, 2.05) is 13.0 Å². The number of carbonyl (C=O) groups is 1. The SMILES string of the molecule is CC(=O)OC1CC2(O)C(C)(CCC3C4(C)CCC(OC5OC(CO)C(O)C(O)C5O)C=C4CCC32O)C1c1ccc(=O)oc1. The zero-order valence-corrected chi connectivity index (χ0v) is 25.3. The van der Waals surface area contributed by atoms with Crippen molar-refractivity contribution in [3.05, 3.63) is 46.0 Å². The predicted octanol–water partition coefficient (Wildman–Crippen LogP) is 0.643. The normalized spacial score (nSPS) is 48.5. The standard InChI is InChI=1S/C32H44O12/c1-16(34)42-20-13-32(40)30(3,24(20)17-4-5-23(35)41-15-17)10-8-22-29(2)9-7-19(12-18(29)6-11-31(22,32)39)43-28-27(38)26(37)25(36)21(14-33)44-28/h4-5,12,15,19-22,24-28,33,36-40H,6-11,13-14H2,1-3H3. The Kier molecular flexibility index (Phi) is 7.94. The molecule has 6 rings (SSSR count). The number of hydrogen-bond acceptors (Lipinski definition) is 12. The summed E-state index contributed by atoms with van der Waals surface area (Å²) in [7, 11) is 0. The minimum Gasteiger partial charge on any atom is -0.462 e. The highest BCUT2D eigenvalue weighted by atomic mass is 16.7. The van der Waals surface area contributed by atoms with Gasteiger partial charge in [0.1, 0.15) is 36.1 Å². The third-order valence-electron chi connectivity index (χ3n) is 11.9. The first kappa shape index (κ1) is 31.8. The number of fused-ring (bicyclic) bond motifs is 5. The molecule has 3 saturated carbocycles. The van der Waals surface area contributed by atoms with Crippen LogP contribution in [-0.4, -0.2) is 97.3 Å². The monoisotopic (exact) mass is 620 g/mol. The fourth-order valence-corrected chi connectivity index (χ4v) is 9.64. The molecule has 12 nitrogen and oxygen atoms in total. The summed E-state index contributed by atoms with van der Waals surface area (Å²) in [6.45, 7) is 4.80. The van der Waals surface area contributed by atoms with Gasteiger partial charge in [-0.15, -0.1) is 0 Å². The summed E-state index contributed by atoms with van der Waals surface area (Å²) >= 11 is 0. The molecule has 4 aliphatic carbocycles. The van der Waals surface area contributed by atoms with Gasteiger partial charge in [0.05, 0.1) is 24.6 Å². The first-order valence-corrected chi connectivity index (χ1v) is 15.6. The van der Waals surface area contributed by atoms with Gasteiger partial charge in [0.25, 0.3) is 0 Å². The second-order valence-electron chi connectivity index (χ2n) is 14.0. The van der Waals surface area contributed by atoms with Gasteiger partial charge in [0.2, 0.25) is 0 Å². The van der Waals surface area contributed by atoms with E-state index in [0.29, 0.717) is 37.7 Å². The molecule has 1 aliphatic heterocycles. The van der Waals surface area contributed by atoms with E-state index >= 15 is 0 Å². The molecule has 1 aromatic heterocycles. The third kappa shape index (κ3) is 4.56. The van der Waals surface area contributed by atoms with Gasteiger partial charge in [-0.2, -0.15) is 0 Å². The Bertz CT molecular complexity index is 1340. The number of esters is 1. The lowest BCUT2D eigenvalue weighted by Gasteiger charge is -2.65. The summed E-state index contributed by atoms with van der Waals surface area (Å²) in [6.07, 6.45) is -1.66. The fraction of sp³-hybridized carbons (Fsp3) is 0.750. The van der Waals surface area contributed by atoms with Crippen molar-refractivity contribution in [3.8, 4) is 0 Å². The maximum absolute atomic E-state index is 12.7. The van der Waals surface area contributed by atoms with E-state index in [9.17, 15) is 40.2 Å². The largest absolute Gasteiger partial charge is 0.462 e. The first-order valence-electron chi connectivity index (χ1n) is 15.6. The molecule has 13 atom stereocenters. The van der Waals surface area contributed by atoms with Gasteiger partial charge in [0, 0.05) is 30.7 Å². The van der Waals surface area contributed by atoms with Crippen LogP contribution in [0, 0.1) is 16.7 Å². The summed E-state index contributed by atoms with van der Waals surface area (Å²) in [5.74, 6) is -1.31. The Labute approximate surface area is 255 Å². The smallest absolute Gasteiger partial charge is 0.335 e. The molecule has 1 saturated heterocycles. The van der Waals surface area contributed by atoms with E-state index in [1.54, 1.807) is 6.07 Å². The van der Waals surface area contributed by atoms with E-state index in [2.05, 4.69) is 6.92 Å². The van der Waals surface area contributed by atoms with Gasteiger partial charge < -0.3 is 49.3 Å². The van der Waals surface area contributed by atoms with E-state index in [4.69, 9.17) is 18.6 Å². The summed E-state index contributed by atoms with van der Waals surface area (Å²) < 4.78 is 22.6. The number of aliphatic hydroxyl groups excluding tert-OH is 4. The van der Waals surface area contributed by atoms with Gasteiger partial charge in [0.15, 0.2) is 6.29 Å². The molecule has 2 heterocycles. The van der Waals surface area contributed by atoms with E-state index in [-0.39, 0.29) is 18.8 Å². The molecule has 4 fully saturated rings. The van der Waals surface area contributed by atoms with Gasteiger partial charge in [-0.1, -0.05) is 25.5 Å². The van der Waals surface area contributed by atoms with Crippen LogP contribution in [0.4, 0.5) is 0 Å². The van der Waals surface area contributed by atoms with E-state index in [1.165, 1.54) is 19.3 Å². The molecular weight excluding hydrogens is 576 g/mol. The minimum absolute atomic E-state index is 0.0395. The number of carbonyl (C=O) groups excluding carboxylic acids is 1. The predicted molar refractivity (Wildman–Crippen MR) is 152 cm³/mol. The van der Waals surface area contributed by atoms with Crippen LogP contribution in [-0.2, 0) is 19.0 Å². The molecule has 13 unspecified atom stereocenters. The maximum atomic E-state index is 12.7. The molecule has 6 N–H and O–H groups in total. The van der Waals surface area contributed by atoms with Crippen LogP contribution < -0.4 is 5.63 Å². The van der Waals surface area contributed by atoms with Crippen LogP contribution in [0.1, 0.15) is 77.2 Å². The minimum atomic E-state index is -1.61. The third-order valence-corrected chi connectivity index (χ3v) is 11.9. The van der Waals surface area contributed by atoms with Crippen LogP contribution in [0.2, 0.25) is 0 Å². The molecule has 0 radical (unpaired) electrons. The number of rotatable bonds is 5. The van der Waals surface area contributed by atoms with Crippen LogP contribution in [0.5, 0.6) is 0 Å². The van der Waals surface area contributed by atoms with Gasteiger partial charge in [-0.25, -0.2) is 4.79 Å². The average molecular weight is 621 g/mol. The second kappa shape index (κ2) is 11.0. The topological polar surface area (TPSA) is 196 Å². The molecule has 12 heteroatoms. The zero-order valence-electron chi connectivity index (χ0n) is 25.3. The van der Waals surface area contributed by atoms with Crippen LogP contribution in [0.25, 0.3) is 0 Å². The van der Waals surface area contributed by atoms with Crippen molar-refractivity contribution in [2.45, 2.75) is 126 Å². The van der Waals surface area contributed by atoms with Crippen molar-refractivity contribution in [2.75, 3.05) is 6.61 Å². The second-order valence-corrected chi connectivity index (χ2v) is 14.0. The molecule has 0 amide bonds. The molecular formula is C32H44O12. The molecule has 1 aromatic rings. The Morgan fingerprint density at radius 3 is 2.45 bits per heavy atom. The van der Waals surface area contributed by atoms with Crippen LogP contribution >= 0.6 is 0 Å². The fourth-order valence-electron chi connectivity index (χ4n) is 9.64. The van der Waals surface area contributed by atoms with Crippen LogP contribution in [0.3, 0.4) is 0 Å². The summed E-state index contributed by atoms with van der Waals surface area (Å²) in [5, 5.41) is 65.7. The lowest BCUT2D eigenvalue weighted by Crippen LogP contribution is -2.71. The maximum Gasteiger partial charge on any atom is 0.335 e. The first-order chi connectivity index (χ1) is 20.7. The molecule has 0 aromatic carbocycles. The highest BCUT2D eigenvalue weighted by Gasteiger charge is 2.76. The number of allylic oxidation sites excluding steroid dienone is 1. The van der Waals surface area contributed by atoms with Crippen molar-refractivity contribution in [1.29, 1.82) is 0 Å². The van der Waals surface area contributed by atoms with E-state index in [0.717, 1.165) is 5.57 Å². The lowest BCUT2D eigenvalue weighted by molar-refractivity contribution is -0.309. The van der Waals surface area contributed by atoms with Gasteiger partial charge in [-0.3, -0.25) is 4.79 Å². The van der Waals surface area contributed by atoms with Crippen molar-refractivity contribution in [3.63, 3.8) is 0 Å². The van der Waals surface area contributed by atoms with Crippen molar-refractivity contribution < 1.29 is 54.1 Å². The Hall–Kier alpha value is -2.16. The van der Waals surface area contributed by atoms with E-state index < -0.39 is 89.1 Å². The molecule has 44 heavy (non-hydrogen) atoms. The highest BCUT2D eigenvalue weighted by Crippen LogP contribution is 2.71. The highest BCUT2D eigenvalue weighted by molar-refractivity contribution is 5.66. The lowest BCUT2D eigenvalue weighted by atomic mass is 9.43. The van der Waals surface area contributed by atoms with Gasteiger partial charge >= 0.3 is 11.6 Å². The zero-order chi connectivity index (χ0) is 31.8. The summed E-state index contributed by atoms with van der Waals surface area (Å²) in [6, 6.07) is 2.95. The average Bonchev–Trinajstić information content (AvgIpc) is 3.20. The van der Waals surface area contributed by atoms with Crippen molar-refractivity contribution >= 4 is 5.97 Å². The van der Waals surface area contributed by atoms with Gasteiger partial charge in [-0.05, 0) is 61.5 Å². The Morgan fingerprint density at radius 1 is 1.05 bits per heavy atom. The van der Waals surface area contributed by atoms with Crippen molar-refractivity contribution in [1.82, 2.24) is 0 Å².